The standard InChI is InChI=1S/C21H29N3O3/c1-15-18(13-19(27-15)16-5-3-2-4-6-16)21(25)23-17-7-8-20(22-14-17)24-9-11-26-12-10-24/h7-8,14,16,19H,2-6,9-13H2,1H3,(H,23,25). The van der Waals surface area contributed by atoms with Crippen molar-refractivity contribution in [2.75, 3.05) is 36.5 Å². The summed E-state index contributed by atoms with van der Waals surface area (Å²) in [4.78, 5) is 19.4. The molecule has 1 saturated heterocycles. The van der Waals surface area contributed by atoms with Crippen LogP contribution in [-0.2, 0) is 14.3 Å². The summed E-state index contributed by atoms with van der Waals surface area (Å²) in [6, 6.07) is 3.87. The Morgan fingerprint density at radius 1 is 1.19 bits per heavy atom. The van der Waals surface area contributed by atoms with Crippen LogP contribution in [0.3, 0.4) is 0 Å². The fourth-order valence-electron chi connectivity index (χ4n) is 4.35. The van der Waals surface area contributed by atoms with E-state index in [0.29, 0.717) is 5.92 Å². The Kier molecular flexibility index (Phi) is 5.62. The molecule has 6 nitrogen and oxygen atoms in total. The van der Waals surface area contributed by atoms with Gasteiger partial charge in [0.25, 0.3) is 5.91 Å². The van der Waals surface area contributed by atoms with Crippen LogP contribution in [0.15, 0.2) is 29.7 Å². The minimum Gasteiger partial charge on any atom is -0.494 e. The molecule has 3 aliphatic rings. The van der Waals surface area contributed by atoms with Gasteiger partial charge in [-0.1, -0.05) is 19.3 Å². The molecular formula is C21H29N3O3. The third-order valence-electron chi connectivity index (χ3n) is 5.95. The molecule has 1 aromatic rings. The van der Waals surface area contributed by atoms with E-state index in [1.807, 2.05) is 19.1 Å². The van der Waals surface area contributed by atoms with Crippen LogP contribution >= 0.6 is 0 Å². The molecule has 2 fully saturated rings. The first kappa shape index (κ1) is 18.3. The first-order valence-corrected chi connectivity index (χ1v) is 10.2. The minimum atomic E-state index is -0.0632. The van der Waals surface area contributed by atoms with E-state index in [1.165, 1.54) is 32.1 Å². The predicted octanol–water partition coefficient (Wildman–Crippen LogP) is 3.50. The van der Waals surface area contributed by atoms with Crippen LogP contribution in [0.2, 0.25) is 0 Å². The van der Waals surface area contributed by atoms with E-state index in [4.69, 9.17) is 9.47 Å². The number of amides is 1. The maximum Gasteiger partial charge on any atom is 0.255 e. The molecule has 1 N–H and O–H groups in total. The fourth-order valence-corrected chi connectivity index (χ4v) is 4.35. The van der Waals surface area contributed by atoms with Crippen molar-refractivity contribution in [1.82, 2.24) is 4.98 Å². The number of aromatic nitrogens is 1. The number of nitrogens with one attached hydrogen (secondary N) is 1. The number of rotatable bonds is 4. The number of hydrogen-bond acceptors (Lipinski definition) is 5. The van der Waals surface area contributed by atoms with E-state index in [-0.39, 0.29) is 12.0 Å². The molecular weight excluding hydrogens is 342 g/mol. The third kappa shape index (κ3) is 4.26. The molecule has 146 valence electrons. The molecule has 1 aromatic heterocycles. The van der Waals surface area contributed by atoms with Gasteiger partial charge in [0.15, 0.2) is 0 Å². The second-order valence-corrected chi connectivity index (χ2v) is 7.75. The third-order valence-corrected chi connectivity index (χ3v) is 5.95. The van der Waals surface area contributed by atoms with Crippen molar-refractivity contribution in [1.29, 1.82) is 0 Å². The lowest BCUT2D eigenvalue weighted by Crippen LogP contribution is -2.36. The lowest BCUT2D eigenvalue weighted by Gasteiger charge is -2.27. The SMILES string of the molecule is CC1=C(C(=O)Nc2ccc(N3CCOCC3)nc2)CC(C2CCCCC2)O1. The van der Waals surface area contributed by atoms with Crippen LogP contribution in [0, 0.1) is 5.92 Å². The Bertz CT molecular complexity index is 689. The summed E-state index contributed by atoms with van der Waals surface area (Å²) >= 11 is 0. The van der Waals surface area contributed by atoms with Crippen molar-refractivity contribution in [3.63, 3.8) is 0 Å². The Morgan fingerprint density at radius 3 is 2.67 bits per heavy atom. The summed E-state index contributed by atoms with van der Waals surface area (Å²) in [6.07, 6.45) is 8.97. The average Bonchev–Trinajstić information content (AvgIpc) is 3.12. The monoisotopic (exact) mass is 371 g/mol. The Labute approximate surface area is 160 Å². The summed E-state index contributed by atoms with van der Waals surface area (Å²) in [5.41, 5.74) is 1.50. The number of ether oxygens (including phenoxy) is 2. The van der Waals surface area contributed by atoms with Gasteiger partial charge in [-0.15, -0.1) is 0 Å². The fraction of sp³-hybridized carbons (Fsp3) is 0.619. The van der Waals surface area contributed by atoms with E-state index in [1.54, 1.807) is 6.20 Å². The number of carbonyl (C=O) groups is 1. The van der Waals surface area contributed by atoms with E-state index < -0.39 is 0 Å². The highest BCUT2D eigenvalue weighted by atomic mass is 16.5. The smallest absolute Gasteiger partial charge is 0.255 e. The van der Waals surface area contributed by atoms with Gasteiger partial charge in [-0.05, 0) is 37.8 Å². The van der Waals surface area contributed by atoms with Gasteiger partial charge in [0, 0.05) is 19.5 Å². The number of pyridine rings is 1. The van der Waals surface area contributed by atoms with Crippen molar-refractivity contribution < 1.29 is 14.3 Å². The van der Waals surface area contributed by atoms with Crippen molar-refractivity contribution in [3.05, 3.63) is 29.7 Å². The van der Waals surface area contributed by atoms with Crippen LogP contribution < -0.4 is 10.2 Å². The highest BCUT2D eigenvalue weighted by Crippen LogP contribution is 2.36. The Morgan fingerprint density at radius 2 is 1.96 bits per heavy atom. The maximum atomic E-state index is 12.7. The molecule has 3 heterocycles. The molecule has 6 heteroatoms. The normalized spacial score (nSPS) is 24.0. The molecule has 27 heavy (non-hydrogen) atoms. The summed E-state index contributed by atoms with van der Waals surface area (Å²) in [6.45, 7) is 5.08. The zero-order valence-electron chi connectivity index (χ0n) is 16.1. The molecule has 0 aromatic carbocycles. The first-order valence-electron chi connectivity index (χ1n) is 10.2. The molecule has 1 unspecified atom stereocenters. The quantitative estimate of drug-likeness (QED) is 0.878. The predicted molar refractivity (Wildman–Crippen MR) is 105 cm³/mol. The summed E-state index contributed by atoms with van der Waals surface area (Å²) in [7, 11) is 0. The van der Waals surface area contributed by atoms with Crippen LogP contribution in [-0.4, -0.2) is 43.3 Å². The van der Waals surface area contributed by atoms with Crippen molar-refractivity contribution in [2.45, 2.75) is 51.6 Å². The molecule has 1 amide bonds. The van der Waals surface area contributed by atoms with Gasteiger partial charge >= 0.3 is 0 Å². The molecule has 0 radical (unpaired) electrons. The lowest BCUT2D eigenvalue weighted by molar-refractivity contribution is -0.113. The second-order valence-electron chi connectivity index (χ2n) is 7.75. The number of hydrogen-bond donors (Lipinski definition) is 1. The number of anilines is 2. The Balaban J connectivity index is 1.35. The van der Waals surface area contributed by atoms with Crippen molar-refractivity contribution >= 4 is 17.4 Å². The van der Waals surface area contributed by atoms with Crippen molar-refractivity contribution in [3.8, 4) is 0 Å². The lowest BCUT2D eigenvalue weighted by atomic mass is 9.83. The number of carbonyl (C=O) groups excluding carboxylic acids is 1. The Hall–Kier alpha value is -2.08. The second kappa shape index (κ2) is 8.30. The van der Waals surface area contributed by atoms with Crippen LogP contribution in [0.4, 0.5) is 11.5 Å². The molecule has 1 saturated carbocycles. The highest BCUT2D eigenvalue weighted by Gasteiger charge is 2.34. The first-order chi connectivity index (χ1) is 13.2. The average molecular weight is 371 g/mol. The van der Waals surface area contributed by atoms with E-state index >= 15 is 0 Å². The van der Waals surface area contributed by atoms with E-state index in [2.05, 4.69) is 15.2 Å². The van der Waals surface area contributed by atoms with E-state index in [9.17, 15) is 4.79 Å². The van der Waals surface area contributed by atoms with E-state index in [0.717, 1.165) is 55.6 Å². The maximum absolute atomic E-state index is 12.7. The van der Waals surface area contributed by atoms with Gasteiger partial charge in [-0.2, -0.15) is 0 Å². The summed E-state index contributed by atoms with van der Waals surface area (Å²) < 4.78 is 11.4. The molecule has 0 bridgehead atoms. The zero-order valence-corrected chi connectivity index (χ0v) is 16.1. The molecule has 2 aliphatic heterocycles. The van der Waals surface area contributed by atoms with Gasteiger partial charge < -0.3 is 19.7 Å². The molecule has 0 spiro atoms. The molecule has 4 rings (SSSR count). The van der Waals surface area contributed by atoms with Gasteiger partial charge in [0.1, 0.15) is 17.7 Å². The van der Waals surface area contributed by atoms with Crippen LogP contribution in [0.1, 0.15) is 45.4 Å². The zero-order chi connectivity index (χ0) is 18.6. The number of morpholine rings is 1. The summed E-state index contributed by atoms with van der Waals surface area (Å²) in [5.74, 6) is 2.23. The van der Waals surface area contributed by atoms with Gasteiger partial charge in [-0.3, -0.25) is 4.79 Å². The topological polar surface area (TPSA) is 63.7 Å². The van der Waals surface area contributed by atoms with Gasteiger partial charge in [0.2, 0.25) is 0 Å². The van der Waals surface area contributed by atoms with Gasteiger partial charge in [-0.25, -0.2) is 4.98 Å². The molecule has 1 atom stereocenters. The number of allylic oxidation sites excluding steroid dienone is 1. The van der Waals surface area contributed by atoms with Crippen molar-refractivity contribution in [2.24, 2.45) is 5.92 Å². The molecule has 1 aliphatic carbocycles. The highest BCUT2D eigenvalue weighted by molar-refractivity contribution is 6.04. The number of nitrogens with zero attached hydrogens (tertiary/aromatic N) is 2. The summed E-state index contributed by atoms with van der Waals surface area (Å²) in [5, 5.41) is 2.99. The van der Waals surface area contributed by atoms with Crippen LogP contribution in [0.5, 0.6) is 0 Å². The van der Waals surface area contributed by atoms with Gasteiger partial charge in [0.05, 0.1) is 30.7 Å². The van der Waals surface area contributed by atoms with Crippen LogP contribution in [0.25, 0.3) is 0 Å². The minimum absolute atomic E-state index is 0.0632. The largest absolute Gasteiger partial charge is 0.494 e.